The number of ether oxygens (including phenoxy) is 2. The van der Waals surface area contributed by atoms with Gasteiger partial charge in [0.1, 0.15) is 5.69 Å². The van der Waals surface area contributed by atoms with Gasteiger partial charge in [0.15, 0.2) is 11.5 Å². The Morgan fingerprint density at radius 2 is 1.62 bits per heavy atom. The number of halogens is 2. The summed E-state index contributed by atoms with van der Waals surface area (Å²) < 4.78 is 12.6. The molecule has 3 heterocycles. The predicted octanol–water partition coefficient (Wildman–Crippen LogP) is 5.53. The van der Waals surface area contributed by atoms with Gasteiger partial charge in [0.2, 0.25) is 6.79 Å². The molecule has 188 valence electrons. The number of amides is 1. The van der Waals surface area contributed by atoms with Crippen LogP contribution in [0.4, 0.5) is 0 Å². The number of carbonyl (C=O) groups is 1. The van der Waals surface area contributed by atoms with Gasteiger partial charge in [-0.1, -0.05) is 59.6 Å². The molecule has 37 heavy (non-hydrogen) atoms. The molecule has 3 aromatic carbocycles. The number of fused-ring (bicyclic) bond motifs is 1. The minimum Gasteiger partial charge on any atom is -0.454 e. The monoisotopic (exact) mass is 534 g/mol. The Kier molecular flexibility index (Phi) is 6.50. The third kappa shape index (κ3) is 4.90. The molecule has 1 saturated heterocycles. The summed E-state index contributed by atoms with van der Waals surface area (Å²) in [7, 11) is 0. The second kappa shape index (κ2) is 10.1. The molecule has 0 saturated carbocycles. The molecule has 0 unspecified atom stereocenters. The van der Waals surface area contributed by atoms with Gasteiger partial charge < -0.3 is 14.4 Å². The minimum atomic E-state index is -0.0662. The van der Waals surface area contributed by atoms with Crippen molar-refractivity contribution < 1.29 is 14.3 Å². The first-order valence-electron chi connectivity index (χ1n) is 12.1. The molecule has 2 aliphatic rings. The van der Waals surface area contributed by atoms with E-state index in [2.05, 4.69) is 11.0 Å². The molecule has 0 aliphatic carbocycles. The molecule has 0 radical (unpaired) electrons. The van der Waals surface area contributed by atoms with Gasteiger partial charge in [0, 0.05) is 38.3 Å². The molecule has 1 fully saturated rings. The largest absolute Gasteiger partial charge is 0.454 e. The molecule has 1 amide bonds. The zero-order valence-corrected chi connectivity index (χ0v) is 21.5. The Morgan fingerprint density at radius 1 is 0.838 bits per heavy atom. The Morgan fingerprint density at radius 3 is 2.41 bits per heavy atom. The number of hydrogen-bond acceptors (Lipinski definition) is 5. The molecular formula is C28H24Cl2N4O3. The van der Waals surface area contributed by atoms with Crippen molar-refractivity contribution in [3.8, 4) is 28.4 Å². The summed E-state index contributed by atoms with van der Waals surface area (Å²) in [6.07, 6.45) is 0. The summed E-state index contributed by atoms with van der Waals surface area (Å²) in [6, 6.07) is 23.0. The van der Waals surface area contributed by atoms with Crippen LogP contribution in [0.5, 0.6) is 11.5 Å². The van der Waals surface area contributed by atoms with Gasteiger partial charge >= 0.3 is 0 Å². The van der Waals surface area contributed by atoms with E-state index >= 15 is 0 Å². The quantitative estimate of drug-likeness (QED) is 0.336. The highest BCUT2D eigenvalue weighted by Crippen LogP contribution is 2.33. The molecule has 0 atom stereocenters. The zero-order chi connectivity index (χ0) is 25.4. The Hall–Kier alpha value is -3.52. The maximum atomic E-state index is 13.7. The van der Waals surface area contributed by atoms with Crippen molar-refractivity contribution in [2.45, 2.75) is 6.54 Å². The van der Waals surface area contributed by atoms with Crippen molar-refractivity contribution >= 4 is 29.1 Å². The number of nitrogens with zero attached hydrogens (tertiary/aromatic N) is 4. The van der Waals surface area contributed by atoms with E-state index in [9.17, 15) is 4.79 Å². The summed E-state index contributed by atoms with van der Waals surface area (Å²) in [5.74, 6) is 1.51. The van der Waals surface area contributed by atoms with Crippen LogP contribution in [0.25, 0.3) is 16.9 Å². The highest BCUT2D eigenvalue weighted by Gasteiger charge is 2.27. The molecule has 2 aliphatic heterocycles. The molecule has 0 bridgehead atoms. The third-order valence-corrected chi connectivity index (χ3v) is 7.39. The third-order valence-electron chi connectivity index (χ3n) is 6.65. The van der Waals surface area contributed by atoms with Gasteiger partial charge in [-0.05, 0) is 42.0 Å². The Bertz CT molecular complexity index is 1450. The zero-order valence-electron chi connectivity index (χ0n) is 19.9. The molecule has 6 rings (SSSR count). The van der Waals surface area contributed by atoms with E-state index in [4.69, 9.17) is 37.8 Å². The van der Waals surface area contributed by atoms with E-state index in [1.54, 1.807) is 16.8 Å². The van der Waals surface area contributed by atoms with Crippen molar-refractivity contribution in [2.24, 2.45) is 0 Å². The van der Waals surface area contributed by atoms with Crippen LogP contribution < -0.4 is 9.47 Å². The van der Waals surface area contributed by atoms with E-state index in [0.29, 0.717) is 34.5 Å². The van der Waals surface area contributed by atoms with Gasteiger partial charge in [0.25, 0.3) is 5.91 Å². The van der Waals surface area contributed by atoms with Crippen LogP contribution >= 0.6 is 23.2 Å². The van der Waals surface area contributed by atoms with Crippen molar-refractivity contribution in [1.82, 2.24) is 19.6 Å². The van der Waals surface area contributed by atoms with Crippen LogP contribution in [0.2, 0.25) is 10.0 Å². The molecule has 0 spiro atoms. The van der Waals surface area contributed by atoms with Crippen LogP contribution in [0.15, 0.2) is 72.8 Å². The first-order valence-corrected chi connectivity index (χ1v) is 12.8. The van der Waals surface area contributed by atoms with Crippen LogP contribution in [0.3, 0.4) is 0 Å². The fraction of sp³-hybridized carbons (Fsp3) is 0.214. The first kappa shape index (κ1) is 23.9. The van der Waals surface area contributed by atoms with E-state index < -0.39 is 0 Å². The molecule has 7 nitrogen and oxygen atoms in total. The smallest absolute Gasteiger partial charge is 0.272 e. The maximum absolute atomic E-state index is 13.7. The summed E-state index contributed by atoms with van der Waals surface area (Å²) in [5, 5.41) is 5.63. The van der Waals surface area contributed by atoms with Gasteiger partial charge in [-0.15, -0.1) is 0 Å². The van der Waals surface area contributed by atoms with Crippen molar-refractivity contribution in [3.63, 3.8) is 0 Å². The predicted molar refractivity (Wildman–Crippen MR) is 143 cm³/mol. The van der Waals surface area contributed by atoms with Crippen LogP contribution in [-0.4, -0.2) is 58.5 Å². The summed E-state index contributed by atoms with van der Waals surface area (Å²) in [5.41, 5.74) is 3.98. The van der Waals surface area contributed by atoms with E-state index in [1.165, 1.54) is 0 Å². The van der Waals surface area contributed by atoms with Crippen molar-refractivity contribution in [3.05, 3.63) is 94.1 Å². The molecule has 0 N–H and O–H groups in total. The highest BCUT2D eigenvalue weighted by atomic mass is 35.5. The van der Waals surface area contributed by atoms with Gasteiger partial charge in [-0.25, -0.2) is 4.68 Å². The van der Waals surface area contributed by atoms with Gasteiger partial charge in [-0.2, -0.15) is 5.10 Å². The standard InChI is InChI=1S/C28H24Cl2N4O3/c29-22-8-7-21(15-23(22)30)34-25(16-24(31-34)20-4-2-1-3-5-20)28(35)33-12-10-32(11-13-33)17-19-6-9-26-27(14-19)37-18-36-26/h1-9,14-16H,10-13,17-18H2. The SMILES string of the molecule is O=C(c1cc(-c2ccccc2)nn1-c1ccc(Cl)c(Cl)c1)N1CCN(Cc2ccc3c(c2)OCO3)CC1. The number of aromatic nitrogens is 2. The highest BCUT2D eigenvalue weighted by molar-refractivity contribution is 6.42. The Balaban J connectivity index is 1.21. The average Bonchev–Trinajstić information content (AvgIpc) is 3.58. The maximum Gasteiger partial charge on any atom is 0.272 e. The molecular weight excluding hydrogens is 511 g/mol. The fourth-order valence-electron chi connectivity index (χ4n) is 4.67. The number of hydrogen-bond donors (Lipinski definition) is 0. The van der Waals surface area contributed by atoms with Gasteiger partial charge in [0.05, 0.1) is 21.4 Å². The second-order valence-electron chi connectivity index (χ2n) is 9.05. The lowest BCUT2D eigenvalue weighted by Gasteiger charge is -2.34. The topological polar surface area (TPSA) is 59.8 Å². The first-order chi connectivity index (χ1) is 18.0. The van der Waals surface area contributed by atoms with Crippen molar-refractivity contribution in [2.75, 3.05) is 33.0 Å². The molecule has 4 aromatic rings. The molecule has 9 heteroatoms. The fourth-order valence-corrected chi connectivity index (χ4v) is 4.96. The number of rotatable bonds is 5. The van der Waals surface area contributed by atoms with E-state index in [1.807, 2.05) is 59.5 Å². The lowest BCUT2D eigenvalue weighted by atomic mass is 10.1. The van der Waals surface area contributed by atoms with E-state index in [-0.39, 0.29) is 12.7 Å². The normalized spacial score (nSPS) is 15.2. The van der Waals surface area contributed by atoms with Crippen LogP contribution in [-0.2, 0) is 6.54 Å². The average molecular weight is 535 g/mol. The Labute approximate surface area is 224 Å². The van der Waals surface area contributed by atoms with E-state index in [0.717, 1.165) is 48.0 Å². The number of benzene rings is 3. The number of piperazine rings is 1. The van der Waals surface area contributed by atoms with Crippen molar-refractivity contribution in [1.29, 1.82) is 0 Å². The van der Waals surface area contributed by atoms with Crippen LogP contribution in [0.1, 0.15) is 16.1 Å². The molecule has 1 aromatic heterocycles. The number of carbonyl (C=O) groups excluding carboxylic acids is 1. The second-order valence-corrected chi connectivity index (χ2v) is 9.86. The summed E-state index contributed by atoms with van der Waals surface area (Å²) in [6.45, 7) is 3.84. The van der Waals surface area contributed by atoms with Gasteiger partial charge in [-0.3, -0.25) is 9.69 Å². The van der Waals surface area contributed by atoms with Crippen LogP contribution in [0, 0.1) is 0 Å². The lowest BCUT2D eigenvalue weighted by Crippen LogP contribution is -2.48. The minimum absolute atomic E-state index is 0.0662. The summed E-state index contributed by atoms with van der Waals surface area (Å²) in [4.78, 5) is 18.0. The lowest BCUT2D eigenvalue weighted by molar-refractivity contribution is 0.0619. The summed E-state index contributed by atoms with van der Waals surface area (Å²) >= 11 is 12.4.